The van der Waals surface area contributed by atoms with Gasteiger partial charge in [-0.1, -0.05) is 30.3 Å². The average molecular weight is 330 g/mol. The summed E-state index contributed by atoms with van der Waals surface area (Å²) < 4.78 is 0. The summed E-state index contributed by atoms with van der Waals surface area (Å²) in [5.74, 6) is 0. The summed E-state index contributed by atoms with van der Waals surface area (Å²) in [7, 11) is 0. The largest absolute Gasteiger partial charge is 0.397 e. The van der Waals surface area contributed by atoms with Crippen LogP contribution in [0.1, 0.15) is 11.1 Å². The van der Waals surface area contributed by atoms with E-state index in [4.69, 9.17) is 5.73 Å². The Labute approximate surface area is 146 Å². The Hall–Kier alpha value is -3.34. The number of amides is 2. The van der Waals surface area contributed by atoms with Crippen molar-refractivity contribution in [3.8, 4) is 11.1 Å². The summed E-state index contributed by atoms with van der Waals surface area (Å²) in [6.45, 7) is 1.23. The lowest BCUT2D eigenvalue weighted by Gasteiger charge is -2.18. The first-order valence-corrected chi connectivity index (χ1v) is 8.13. The minimum absolute atomic E-state index is 0.144. The van der Waals surface area contributed by atoms with Gasteiger partial charge in [-0.15, -0.1) is 0 Å². The highest BCUT2D eigenvalue weighted by molar-refractivity contribution is 5.94. The Morgan fingerprint density at radius 2 is 1.64 bits per heavy atom. The predicted molar refractivity (Wildman–Crippen MR) is 98.8 cm³/mol. The normalized spacial score (nSPS) is 12.7. The van der Waals surface area contributed by atoms with Crippen LogP contribution in [-0.4, -0.2) is 15.9 Å². The third-order valence-electron chi connectivity index (χ3n) is 4.44. The highest BCUT2D eigenvalue weighted by Gasteiger charge is 2.23. The van der Waals surface area contributed by atoms with E-state index < -0.39 is 0 Å². The van der Waals surface area contributed by atoms with Crippen molar-refractivity contribution in [1.29, 1.82) is 0 Å². The summed E-state index contributed by atoms with van der Waals surface area (Å²) in [6.07, 6.45) is 3.48. The Kier molecular flexibility index (Phi) is 3.82. The molecule has 2 heterocycles. The molecule has 0 fully saturated rings. The van der Waals surface area contributed by atoms with Crippen molar-refractivity contribution in [3.05, 3.63) is 78.1 Å². The molecule has 5 nitrogen and oxygen atoms in total. The summed E-state index contributed by atoms with van der Waals surface area (Å²) in [6, 6.07) is 17.5. The van der Waals surface area contributed by atoms with E-state index in [1.165, 1.54) is 11.1 Å². The maximum Gasteiger partial charge on any atom is 0.322 e. The third kappa shape index (κ3) is 3.04. The Bertz CT molecular complexity index is 899. The van der Waals surface area contributed by atoms with Gasteiger partial charge >= 0.3 is 6.03 Å². The van der Waals surface area contributed by atoms with Crippen LogP contribution in [0.4, 0.5) is 16.2 Å². The summed E-state index contributed by atoms with van der Waals surface area (Å²) >= 11 is 0. The van der Waals surface area contributed by atoms with Gasteiger partial charge in [-0.2, -0.15) is 0 Å². The standard InChI is InChI=1S/C20H18N4O/c21-18-6-5-15(14-7-9-22-10-8-14)11-19(18)23-20(25)24-12-16-3-1-2-4-17(16)13-24/h1-11H,12-13,21H2,(H,23,25). The van der Waals surface area contributed by atoms with Crippen LogP contribution in [0.15, 0.2) is 67.0 Å². The van der Waals surface area contributed by atoms with Crippen molar-refractivity contribution in [2.24, 2.45) is 0 Å². The van der Waals surface area contributed by atoms with Crippen LogP contribution in [0.3, 0.4) is 0 Å². The van der Waals surface area contributed by atoms with E-state index in [1.807, 2.05) is 42.5 Å². The first-order chi connectivity index (χ1) is 12.2. The van der Waals surface area contributed by atoms with Gasteiger partial charge in [0, 0.05) is 25.5 Å². The Balaban J connectivity index is 1.54. The molecule has 0 unspecified atom stereocenters. The second-order valence-electron chi connectivity index (χ2n) is 6.09. The minimum Gasteiger partial charge on any atom is -0.397 e. The summed E-state index contributed by atoms with van der Waals surface area (Å²) in [5, 5.41) is 2.94. The van der Waals surface area contributed by atoms with Crippen LogP contribution < -0.4 is 11.1 Å². The minimum atomic E-state index is -0.144. The molecule has 25 heavy (non-hydrogen) atoms. The number of carbonyl (C=O) groups excluding carboxylic acids is 1. The van der Waals surface area contributed by atoms with E-state index in [0.29, 0.717) is 24.5 Å². The van der Waals surface area contributed by atoms with Crippen LogP contribution in [0, 0.1) is 0 Å². The molecule has 124 valence electrons. The van der Waals surface area contributed by atoms with Gasteiger partial charge in [-0.3, -0.25) is 4.98 Å². The molecule has 0 saturated carbocycles. The SMILES string of the molecule is Nc1ccc(-c2ccncc2)cc1NC(=O)N1Cc2ccccc2C1. The number of hydrogen-bond donors (Lipinski definition) is 2. The number of rotatable bonds is 2. The maximum atomic E-state index is 12.6. The van der Waals surface area contributed by atoms with Crippen molar-refractivity contribution < 1.29 is 4.79 Å². The molecule has 0 bridgehead atoms. The molecule has 0 saturated heterocycles. The van der Waals surface area contributed by atoms with Crippen LogP contribution in [0.2, 0.25) is 0 Å². The number of nitrogens with one attached hydrogen (secondary N) is 1. The Morgan fingerprint density at radius 3 is 2.32 bits per heavy atom. The molecule has 1 aliphatic rings. The molecule has 4 rings (SSSR count). The number of urea groups is 1. The monoisotopic (exact) mass is 330 g/mol. The molecule has 1 aromatic heterocycles. The van der Waals surface area contributed by atoms with Crippen LogP contribution in [0.5, 0.6) is 0 Å². The fourth-order valence-corrected chi connectivity index (χ4v) is 3.06. The van der Waals surface area contributed by atoms with Crippen molar-refractivity contribution in [1.82, 2.24) is 9.88 Å². The fraction of sp³-hybridized carbons (Fsp3) is 0.100. The van der Waals surface area contributed by atoms with Crippen LogP contribution in [0.25, 0.3) is 11.1 Å². The van der Waals surface area contributed by atoms with Crippen LogP contribution in [-0.2, 0) is 13.1 Å². The van der Waals surface area contributed by atoms with Gasteiger partial charge in [0.15, 0.2) is 0 Å². The van der Waals surface area contributed by atoms with E-state index in [9.17, 15) is 4.79 Å². The van der Waals surface area contributed by atoms with E-state index in [2.05, 4.69) is 22.4 Å². The topological polar surface area (TPSA) is 71.2 Å². The quantitative estimate of drug-likeness (QED) is 0.701. The molecule has 3 N–H and O–H groups in total. The summed E-state index contributed by atoms with van der Waals surface area (Å²) in [4.78, 5) is 18.4. The van der Waals surface area contributed by atoms with Gasteiger partial charge in [-0.05, 0) is 46.5 Å². The smallest absolute Gasteiger partial charge is 0.322 e. The lowest BCUT2D eigenvalue weighted by Crippen LogP contribution is -2.30. The van der Waals surface area contributed by atoms with E-state index >= 15 is 0 Å². The number of fused-ring (bicyclic) bond motifs is 1. The average Bonchev–Trinajstić information content (AvgIpc) is 3.08. The van der Waals surface area contributed by atoms with Crippen molar-refractivity contribution >= 4 is 17.4 Å². The molecule has 0 aliphatic carbocycles. The molecule has 3 aromatic rings. The number of pyridine rings is 1. The maximum absolute atomic E-state index is 12.6. The molecule has 0 spiro atoms. The van der Waals surface area contributed by atoms with Gasteiger partial charge in [0.2, 0.25) is 0 Å². The number of anilines is 2. The molecule has 5 heteroatoms. The van der Waals surface area contributed by atoms with Gasteiger partial charge in [0.25, 0.3) is 0 Å². The van der Waals surface area contributed by atoms with Gasteiger partial charge < -0.3 is 16.0 Å². The second kappa shape index (κ2) is 6.28. The van der Waals surface area contributed by atoms with E-state index in [0.717, 1.165) is 11.1 Å². The number of carbonyl (C=O) groups is 1. The zero-order chi connectivity index (χ0) is 17.2. The van der Waals surface area contributed by atoms with Gasteiger partial charge in [-0.25, -0.2) is 4.79 Å². The van der Waals surface area contributed by atoms with Crippen molar-refractivity contribution in [3.63, 3.8) is 0 Å². The van der Waals surface area contributed by atoms with Gasteiger partial charge in [0.1, 0.15) is 0 Å². The molecular weight excluding hydrogens is 312 g/mol. The van der Waals surface area contributed by atoms with Crippen LogP contribution >= 0.6 is 0 Å². The first-order valence-electron chi connectivity index (χ1n) is 8.13. The third-order valence-corrected chi connectivity index (χ3v) is 4.44. The molecular formula is C20H18N4O. The summed E-state index contributed by atoms with van der Waals surface area (Å²) in [5.41, 5.74) is 11.6. The van der Waals surface area contributed by atoms with E-state index in [-0.39, 0.29) is 6.03 Å². The number of benzene rings is 2. The van der Waals surface area contributed by atoms with Crippen molar-refractivity contribution in [2.45, 2.75) is 13.1 Å². The zero-order valence-corrected chi connectivity index (χ0v) is 13.6. The lowest BCUT2D eigenvalue weighted by molar-refractivity contribution is 0.212. The molecule has 0 atom stereocenters. The zero-order valence-electron chi connectivity index (χ0n) is 13.6. The predicted octanol–water partition coefficient (Wildman–Crippen LogP) is 3.88. The first kappa shape index (κ1) is 15.2. The number of aromatic nitrogens is 1. The highest BCUT2D eigenvalue weighted by Crippen LogP contribution is 2.28. The van der Waals surface area contributed by atoms with Crippen molar-refractivity contribution in [2.75, 3.05) is 11.1 Å². The molecule has 1 aliphatic heterocycles. The molecule has 2 amide bonds. The second-order valence-corrected chi connectivity index (χ2v) is 6.09. The van der Waals surface area contributed by atoms with Gasteiger partial charge in [0.05, 0.1) is 11.4 Å². The number of hydrogen-bond acceptors (Lipinski definition) is 3. The number of nitrogen functional groups attached to an aromatic ring is 1. The Morgan fingerprint density at radius 1 is 0.960 bits per heavy atom. The molecule has 0 radical (unpaired) electrons. The number of nitrogens with two attached hydrogens (primary N) is 1. The molecule has 2 aromatic carbocycles. The van der Waals surface area contributed by atoms with E-state index in [1.54, 1.807) is 17.3 Å². The lowest BCUT2D eigenvalue weighted by atomic mass is 10.1. The fourth-order valence-electron chi connectivity index (χ4n) is 3.06. The highest BCUT2D eigenvalue weighted by atomic mass is 16.2. The number of nitrogens with zero attached hydrogens (tertiary/aromatic N) is 2.